The average Bonchev–Trinajstić information content (AvgIpc) is 3.16. The summed E-state index contributed by atoms with van der Waals surface area (Å²) in [6.07, 6.45) is 0.178. The summed E-state index contributed by atoms with van der Waals surface area (Å²) >= 11 is 5.39. The molecule has 0 spiro atoms. The second-order valence-electron chi connectivity index (χ2n) is 8.46. The minimum absolute atomic E-state index is 0.0215. The molecular weight excluding hydrogens is 547 g/mol. The number of amides is 2. The van der Waals surface area contributed by atoms with Crippen LogP contribution in [0.25, 0.3) is 0 Å². The third-order valence-electron chi connectivity index (χ3n) is 6.29. The van der Waals surface area contributed by atoms with Gasteiger partial charge < -0.3 is 0 Å². The predicted octanol–water partition coefficient (Wildman–Crippen LogP) is 3.06. The van der Waals surface area contributed by atoms with E-state index in [1.54, 1.807) is 0 Å². The summed E-state index contributed by atoms with van der Waals surface area (Å²) in [5.41, 5.74) is 5.63. The van der Waals surface area contributed by atoms with E-state index < -0.39 is 22.6 Å². The van der Waals surface area contributed by atoms with Crippen LogP contribution in [0.5, 0.6) is 0 Å². The van der Waals surface area contributed by atoms with Crippen LogP contribution in [-0.4, -0.2) is 51.1 Å². The number of rotatable bonds is 9. The van der Waals surface area contributed by atoms with Gasteiger partial charge in [-0.1, -0.05) is 0 Å². The molecule has 35 heavy (non-hydrogen) atoms. The van der Waals surface area contributed by atoms with Gasteiger partial charge in [0.2, 0.25) is 0 Å². The number of benzene rings is 3. The van der Waals surface area contributed by atoms with Gasteiger partial charge in [0.15, 0.2) is 0 Å². The standard InChI is InChI=1S/C26H26BrN2O4PS/c27-34(19-10-4-1-5-11-19,20-12-6-2-7-13-20,21-14-8-3-9-15-21)18-29-24(30)16-23(25(29)31)35-17-22(28)26(32)33/h1-15,22-23H,16-18,28H2,(H,32,33)/t22-,23?/m0/s1. The summed E-state index contributed by atoms with van der Waals surface area (Å²) in [6.45, 7) is 0. The first-order chi connectivity index (χ1) is 16.7. The van der Waals surface area contributed by atoms with Gasteiger partial charge in [0.1, 0.15) is 0 Å². The van der Waals surface area contributed by atoms with Gasteiger partial charge in [0, 0.05) is 0 Å². The molecule has 1 heterocycles. The molecule has 0 aliphatic carbocycles. The molecule has 0 aromatic heterocycles. The third kappa shape index (κ3) is 4.68. The van der Waals surface area contributed by atoms with E-state index in [9.17, 15) is 14.4 Å². The fraction of sp³-hybridized carbons (Fsp3) is 0.192. The Morgan fingerprint density at radius 2 is 1.37 bits per heavy atom. The van der Waals surface area contributed by atoms with E-state index in [1.807, 2.05) is 91.0 Å². The van der Waals surface area contributed by atoms with Crippen molar-refractivity contribution < 1.29 is 19.5 Å². The number of hydrogen-bond acceptors (Lipinski definition) is 5. The van der Waals surface area contributed by atoms with Crippen molar-refractivity contribution in [3.05, 3.63) is 91.0 Å². The van der Waals surface area contributed by atoms with Crippen LogP contribution in [-0.2, 0) is 14.4 Å². The van der Waals surface area contributed by atoms with Crippen molar-refractivity contribution in [1.82, 2.24) is 4.90 Å². The molecule has 0 radical (unpaired) electrons. The first-order valence-corrected chi connectivity index (χ1v) is 16.6. The molecule has 1 aliphatic rings. The Balaban J connectivity index is 1.83. The van der Waals surface area contributed by atoms with Crippen LogP contribution < -0.4 is 21.6 Å². The van der Waals surface area contributed by atoms with Crippen LogP contribution in [0.1, 0.15) is 6.42 Å². The van der Waals surface area contributed by atoms with Crippen LogP contribution in [0, 0.1) is 0 Å². The number of carbonyl (C=O) groups excluding carboxylic acids is 2. The molecule has 4 rings (SSSR count). The summed E-state index contributed by atoms with van der Waals surface area (Å²) < 4.78 is 0. The number of carboxylic acid groups (broad SMARTS) is 1. The molecule has 2 atom stereocenters. The molecule has 3 N–H and O–H groups in total. The zero-order valence-electron chi connectivity index (χ0n) is 18.9. The number of hydrogen-bond donors (Lipinski definition) is 2. The fourth-order valence-electron chi connectivity index (χ4n) is 4.40. The summed E-state index contributed by atoms with van der Waals surface area (Å²) in [4.78, 5) is 39.2. The van der Waals surface area contributed by atoms with E-state index in [0.29, 0.717) is 0 Å². The summed E-state index contributed by atoms with van der Waals surface area (Å²) in [5.74, 6) is -1.66. The molecule has 2 amide bonds. The number of imide groups is 1. The van der Waals surface area contributed by atoms with Gasteiger partial charge in [0.05, 0.1) is 0 Å². The Morgan fingerprint density at radius 3 is 1.77 bits per heavy atom. The molecule has 9 heteroatoms. The first kappa shape index (κ1) is 25.6. The number of halogens is 1. The number of carboxylic acids is 1. The number of aliphatic carboxylic acids is 1. The maximum atomic E-state index is 13.5. The van der Waals surface area contributed by atoms with Crippen LogP contribution in [0.15, 0.2) is 91.0 Å². The molecule has 182 valence electrons. The van der Waals surface area contributed by atoms with Crippen molar-refractivity contribution in [2.45, 2.75) is 17.7 Å². The number of nitrogens with two attached hydrogens (primary N) is 1. The zero-order valence-corrected chi connectivity index (χ0v) is 22.2. The normalized spacial score (nSPS) is 18.2. The van der Waals surface area contributed by atoms with Gasteiger partial charge in [0.25, 0.3) is 0 Å². The Bertz CT molecular complexity index is 1130. The average molecular weight is 573 g/mol. The molecule has 3 aromatic carbocycles. The molecule has 1 saturated heterocycles. The Kier molecular flexibility index (Phi) is 7.48. The van der Waals surface area contributed by atoms with Crippen molar-refractivity contribution >= 4 is 66.3 Å². The molecule has 0 saturated carbocycles. The number of likely N-dealkylation sites (tertiary alicyclic amines) is 1. The Labute approximate surface area is 216 Å². The van der Waals surface area contributed by atoms with Gasteiger partial charge in [-0.2, -0.15) is 0 Å². The van der Waals surface area contributed by atoms with E-state index in [-0.39, 0.29) is 30.3 Å². The van der Waals surface area contributed by atoms with E-state index >= 15 is 0 Å². The van der Waals surface area contributed by atoms with Crippen LogP contribution in [0.2, 0.25) is 0 Å². The van der Waals surface area contributed by atoms with Gasteiger partial charge >= 0.3 is 217 Å². The maximum absolute atomic E-state index is 13.5. The number of nitrogens with zero attached hydrogens (tertiary/aromatic N) is 1. The molecular formula is C26H26BrN2O4PS. The number of carbonyl (C=O) groups is 3. The first-order valence-electron chi connectivity index (χ1n) is 11.1. The molecule has 0 bridgehead atoms. The van der Waals surface area contributed by atoms with Crippen LogP contribution in [0.4, 0.5) is 0 Å². The van der Waals surface area contributed by atoms with E-state index in [2.05, 4.69) is 15.5 Å². The quantitative estimate of drug-likeness (QED) is 0.302. The van der Waals surface area contributed by atoms with E-state index in [0.717, 1.165) is 27.7 Å². The van der Waals surface area contributed by atoms with Crippen LogP contribution in [0.3, 0.4) is 0 Å². The van der Waals surface area contributed by atoms with Gasteiger partial charge in [-0.3, -0.25) is 0 Å². The van der Waals surface area contributed by atoms with Crippen molar-refractivity contribution in [2.24, 2.45) is 5.73 Å². The monoisotopic (exact) mass is 572 g/mol. The van der Waals surface area contributed by atoms with Crippen molar-refractivity contribution in [3.8, 4) is 0 Å². The van der Waals surface area contributed by atoms with Crippen molar-refractivity contribution in [2.75, 3.05) is 12.0 Å². The predicted molar refractivity (Wildman–Crippen MR) is 147 cm³/mol. The molecule has 1 fully saturated rings. The van der Waals surface area contributed by atoms with Crippen LogP contribution >= 0.6 is 32.6 Å². The molecule has 3 aromatic rings. The summed E-state index contributed by atoms with van der Waals surface area (Å²) in [6, 6.07) is 28.7. The third-order valence-corrected chi connectivity index (χ3v) is 16.9. The van der Waals surface area contributed by atoms with E-state index in [4.69, 9.17) is 10.8 Å². The van der Waals surface area contributed by atoms with Gasteiger partial charge in [-0.05, 0) is 0 Å². The molecule has 1 aliphatic heterocycles. The summed E-state index contributed by atoms with van der Waals surface area (Å²) in [5, 5.41) is 7.92. The summed E-state index contributed by atoms with van der Waals surface area (Å²) in [7, 11) is 0. The zero-order chi connectivity index (χ0) is 25.1. The Morgan fingerprint density at radius 1 is 0.943 bits per heavy atom. The second-order valence-corrected chi connectivity index (χ2v) is 18.6. The molecule has 1 unspecified atom stereocenters. The van der Waals surface area contributed by atoms with Gasteiger partial charge in [-0.15, -0.1) is 0 Å². The fourth-order valence-corrected chi connectivity index (χ4v) is 12.9. The molecule has 6 nitrogen and oxygen atoms in total. The second kappa shape index (κ2) is 10.2. The topological polar surface area (TPSA) is 101 Å². The van der Waals surface area contributed by atoms with E-state index in [1.165, 1.54) is 4.90 Å². The van der Waals surface area contributed by atoms with Gasteiger partial charge in [-0.25, -0.2) is 0 Å². The van der Waals surface area contributed by atoms with Crippen molar-refractivity contribution in [3.63, 3.8) is 0 Å². The Hall–Kier alpha value is -2.51. The minimum atomic E-state index is -3.52. The number of thioether (sulfide) groups is 1. The SMILES string of the molecule is N[C@@H](CSC1CC(=O)N(CP(Br)(c2ccccc2)(c2ccccc2)c2ccccc2)C1=O)C(=O)O. The van der Waals surface area contributed by atoms with Crippen molar-refractivity contribution in [1.29, 1.82) is 0 Å².